The Morgan fingerprint density at radius 3 is 2.52 bits per heavy atom. The van der Waals surface area contributed by atoms with Gasteiger partial charge in [-0.05, 0) is 57.7 Å². The second kappa shape index (κ2) is 11.3. The van der Waals surface area contributed by atoms with Gasteiger partial charge in [0.15, 0.2) is 0 Å². The molecule has 3 N–H and O–H groups in total. The molecule has 0 saturated carbocycles. The SMILES string of the molecule is CCOC(=O)CNC(=O)Nc1ccc(N2CCCCC2)c(C(=O)N[C@H](C)CC)c1. The topological polar surface area (TPSA) is 99.8 Å². The molecular formula is C21H32N4O4. The molecule has 2 rings (SSSR count). The van der Waals surface area contributed by atoms with E-state index in [1.54, 1.807) is 19.1 Å². The summed E-state index contributed by atoms with van der Waals surface area (Å²) in [5.41, 5.74) is 1.90. The van der Waals surface area contributed by atoms with Gasteiger partial charge in [-0.1, -0.05) is 6.92 Å². The van der Waals surface area contributed by atoms with Crippen LogP contribution in [0, 0.1) is 0 Å². The minimum atomic E-state index is -0.531. The van der Waals surface area contributed by atoms with Crippen LogP contribution in [0.1, 0.15) is 56.8 Å². The van der Waals surface area contributed by atoms with Crippen molar-refractivity contribution in [2.24, 2.45) is 0 Å². The van der Waals surface area contributed by atoms with Crippen molar-refractivity contribution in [3.05, 3.63) is 23.8 Å². The standard InChI is InChI=1S/C21H32N4O4/c1-4-15(3)23-20(27)17-13-16(24-21(28)22-14-19(26)29-5-2)9-10-18(17)25-11-7-6-8-12-25/h9-10,13,15H,4-8,11-12,14H2,1-3H3,(H,23,27)(H2,22,24,28)/t15-/m1/s1. The fourth-order valence-electron chi connectivity index (χ4n) is 3.15. The molecule has 0 radical (unpaired) electrons. The van der Waals surface area contributed by atoms with Gasteiger partial charge in [0, 0.05) is 30.5 Å². The van der Waals surface area contributed by atoms with Crippen LogP contribution in [-0.4, -0.2) is 50.2 Å². The number of rotatable bonds is 8. The number of hydrogen-bond acceptors (Lipinski definition) is 5. The van der Waals surface area contributed by atoms with Crippen LogP contribution in [0.15, 0.2) is 18.2 Å². The van der Waals surface area contributed by atoms with E-state index in [4.69, 9.17) is 4.74 Å². The van der Waals surface area contributed by atoms with Crippen LogP contribution in [0.5, 0.6) is 0 Å². The summed E-state index contributed by atoms with van der Waals surface area (Å²) in [7, 11) is 0. The second-order valence-corrected chi connectivity index (χ2v) is 7.18. The lowest BCUT2D eigenvalue weighted by atomic mass is 10.1. The number of ether oxygens (including phenoxy) is 1. The minimum absolute atomic E-state index is 0.0567. The van der Waals surface area contributed by atoms with Crippen molar-refractivity contribution in [2.45, 2.75) is 52.5 Å². The van der Waals surface area contributed by atoms with Gasteiger partial charge in [-0.3, -0.25) is 9.59 Å². The van der Waals surface area contributed by atoms with E-state index in [0.29, 0.717) is 11.3 Å². The smallest absolute Gasteiger partial charge is 0.325 e. The maximum Gasteiger partial charge on any atom is 0.325 e. The Kier molecular flexibility index (Phi) is 8.76. The van der Waals surface area contributed by atoms with Gasteiger partial charge in [0.05, 0.1) is 12.2 Å². The lowest BCUT2D eigenvalue weighted by Gasteiger charge is -2.31. The van der Waals surface area contributed by atoms with Crippen molar-refractivity contribution in [3.63, 3.8) is 0 Å². The van der Waals surface area contributed by atoms with E-state index in [-0.39, 0.29) is 25.1 Å². The monoisotopic (exact) mass is 404 g/mol. The molecule has 29 heavy (non-hydrogen) atoms. The highest BCUT2D eigenvalue weighted by molar-refractivity contribution is 6.02. The van der Waals surface area contributed by atoms with Gasteiger partial charge in [-0.2, -0.15) is 0 Å². The molecule has 0 bridgehead atoms. The summed E-state index contributed by atoms with van der Waals surface area (Å²) < 4.78 is 4.78. The van der Waals surface area contributed by atoms with Gasteiger partial charge in [0.25, 0.3) is 5.91 Å². The molecule has 1 aliphatic heterocycles. The summed E-state index contributed by atoms with van der Waals surface area (Å²) in [5, 5.41) is 8.13. The number of anilines is 2. The third-order valence-electron chi connectivity index (χ3n) is 4.88. The van der Waals surface area contributed by atoms with Gasteiger partial charge < -0.3 is 25.6 Å². The molecule has 3 amide bonds. The molecule has 0 aliphatic carbocycles. The average molecular weight is 405 g/mol. The molecule has 1 aliphatic rings. The van der Waals surface area contributed by atoms with E-state index in [1.807, 2.05) is 19.9 Å². The maximum absolute atomic E-state index is 12.9. The van der Waals surface area contributed by atoms with Crippen LogP contribution < -0.4 is 20.9 Å². The zero-order valence-electron chi connectivity index (χ0n) is 17.5. The van der Waals surface area contributed by atoms with Crippen LogP contribution in [-0.2, 0) is 9.53 Å². The van der Waals surface area contributed by atoms with E-state index in [2.05, 4.69) is 20.9 Å². The van der Waals surface area contributed by atoms with Crippen molar-refractivity contribution in [1.29, 1.82) is 0 Å². The first-order valence-electron chi connectivity index (χ1n) is 10.3. The maximum atomic E-state index is 12.9. The normalized spacial score (nSPS) is 14.7. The highest BCUT2D eigenvalue weighted by Gasteiger charge is 2.20. The molecule has 8 heteroatoms. The summed E-state index contributed by atoms with van der Waals surface area (Å²) in [6.07, 6.45) is 4.23. The first-order valence-corrected chi connectivity index (χ1v) is 10.3. The van der Waals surface area contributed by atoms with Gasteiger partial charge in [0.2, 0.25) is 0 Å². The molecular weight excluding hydrogens is 372 g/mol. The van der Waals surface area contributed by atoms with E-state index >= 15 is 0 Å². The van der Waals surface area contributed by atoms with Crippen molar-refractivity contribution >= 4 is 29.3 Å². The molecule has 1 atom stereocenters. The van der Waals surface area contributed by atoms with E-state index in [9.17, 15) is 14.4 Å². The number of carbonyl (C=O) groups is 3. The lowest BCUT2D eigenvalue weighted by Crippen LogP contribution is -2.36. The lowest BCUT2D eigenvalue weighted by molar-refractivity contribution is -0.141. The zero-order valence-corrected chi connectivity index (χ0v) is 17.5. The predicted octanol–water partition coefficient (Wildman–Crippen LogP) is 2.89. The number of nitrogens with one attached hydrogen (secondary N) is 3. The average Bonchev–Trinajstić information content (AvgIpc) is 2.73. The molecule has 1 fully saturated rings. The molecule has 0 aromatic heterocycles. The molecule has 0 unspecified atom stereocenters. The Bertz CT molecular complexity index is 717. The molecule has 8 nitrogen and oxygen atoms in total. The van der Waals surface area contributed by atoms with E-state index in [1.165, 1.54) is 6.42 Å². The predicted molar refractivity (Wildman–Crippen MR) is 113 cm³/mol. The summed E-state index contributed by atoms with van der Waals surface area (Å²) in [5.74, 6) is -0.660. The summed E-state index contributed by atoms with van der Waals surface area (Å²) >= 11 is 0. The molecule has 1 aromatic rings. The van der Waals surface area contributed by atoms with Crippen molar-refractivity contribution in [3.8, 4) is 0 Å². The number of esters is 1. The highest BCUT2D eigenvalue weighted by atomic mass is 16.5. The van der Waals surface area contributed by atoms with Crippen molar-refractivity contribution < 1.29 is 19.1 Å². The van der Waals surface area contributed by atoms with Crippen LogP contribution in [0.2, 0.25) is 0 Å². The Hall–Kier alpha value is -2.77. The van der Waals surface area contributed by atoms with Crippen LogP contribution in [0.25, 0.3) is 0 Å². The van der Waals surface area contributed by atoms with Crippen molar-refractivity contribution in [1.82, 2.24) is 10.6 Å². The molecule has 1 aromatic carbocycles. The number of benzene rings is 1. The van der Waals surface area contributed by atoms with Crippen LogP contribution in [0.4, 0.5) is 16.2 Å². The first kappa shape index (κ1) is 22.5. The number of hydrogen-bond donors (Lipinski definition) is 3. The number of piperidine rings is 1. The summed E-state index contributed by atoms with van der Waals surface area (Å²) in [4.78, 5) is 38.5. The second-order valence-electron chi connectivity index (χ2n) is 7.18. The Balaban J connectivity index is 2.15. The van der Waals surface area contributed by atoms with Crippen molar-refractivity contribution in [2.75, 3.05) is 36.5 Å². The van der Waals surface area contributed by atoms with Gasteiger partial charge >= 0.3 is 12.0 Å². The number of nitrogens with zero attached hydrogens (tertiary/aromatic N) is 1. The fourth-order valence-corrected chi connectivity index (χ4v) is 3.15. The number of amides is 3. The number of carbonyl (C=O) groups excluding carboxylic acids is 3. The largest absolute Gasteiger partial charge is 0.465 e. The van der Waals surface area contributed by atoms with Gasteiger partial charge in [0.1, 0.15) is 6.54 Å². The molecule has 1 heterocycles. The molecule has 160 valence electrons. The van der Waals surface area contributed by atoms with E-state index in [0.717, 1.165) is 38.0 Å². The zero-order chi connectivity index (χ0) is 21.2. The fraction of sp³-hybridized carbons (Fsp3) is 0.571. The third-order valence-corrected chi connectivity index (χ3v) is 4.88. The first-order chi connectivity index (χ1) is 13.9. The van der Waals surface area contributed by atoms with Gasteiger partial charge in [-0.15, -0.1) is 0 Å². The quantitative estimate of drug-likeness (QED) is 0.579. The Labute approximate surface area is 172 Å². The molecule has 0 spiro atoms. The Morgan fingerprint density at radius 2 is 1.86 bits per heavy atom. The summed E-state index contributed by atoms with van der Waals surface area (Å²) in [6.45, 7) is 7.55. The van der Waals surface area contributed by atoms with Crippen LogP contribution >= 0.6 is 0 Å². The number of urea groups is 1. The van der Waals surface area contributed by atoms with Gasteiger partial charge in [-0.25, -0.2) is 4.79 Å². The highest BCUT2D eigenvalue weighted by Crippen LogP contribution is 2.27. The summed E-state index contributed by atoms with van der Waals surface area (Å²) in [6, 6.07) is 4.86. The Morgan fingerprint density at radius 1 is 1.14 bits per heavy atom. The van der Waals surface area contributed by atoms with E-state index < -0.39 is 12.0 Å². The van der Waals surface area contributed by atoms with Crippen LogP contribution in [0.3, 0.4) is 0 Å². The minimum Gasteiger partial charge on any atom is -0.465 e. The molecule has 1 saturated heterocycles. The third kappa shape index (κ3) is 6.96.